The van der Waals surface area contributed by atoms with E-state index in [1.807, 2.05) is 12.1 Å². The van der Waals surface area contributed by atoms with Gasteiger partial charge in [-0.1, -0.05) is 61.2 Å². The van der Waals surface area contributed by atoms with Gasteiger partial charge in [0.15, 0.2) is 0 Å². The van der Waals surface area contributed by atoms with Crippen LogP contribution in [0.3, 0.4) is 0 Å². The Kier molecular flexibility index (Phi) is 6.44. The Bertz CT molecular complexity index is 1180. The Balaban J connectivity index is 1.56. The zero-order valence-corrected chi connectivity index (χ0v) is 19.2. The van der Waals surface area contributed by atoms with Crippen LogP contribution in [0.1, 0.15) is 52.8 Å². The summed E-state index contributed by atoms with van der Waals surface area (Å²) in [6.07, 6.45) is 7.05. The van der Waals surface area contributed by atoms with E-state index in [2.05, 4.69) is 92.7 Å². The van der Waals surface area contributed by atoms with Crippen LogP contribution in [-0.2, 0) is 18.3 Å². The van der Waals surface area contributed by atoms with E-state index in [4.69, 9.17) is 4.98 Å². The molecule has 2 nitrogen and oxygen atoms in total. The molecule has 0 saturated heterocycles. The fourth-order valence-electron chi connectivity index (χ4n) is 4.42. The van der Waals surface area contributed by atoms with Crippen molar-refractivity contribution in [1.82, 2.24) is 4.98 Å². The average molecular weight is 421 g/mol. The normalized spacial score (nSPS) is 13.8. The number of aryl methyl sites for hydroxylation is 3. The van der Waals surface area contributed by atoms with Gasteiger partial charge in [-0.15, -0.1) is 12.3 Å². The first-order valence-corrected chi connectivity index (χ1v) is 11.4. The molecule has 4 rings (SSSR count). The SMILES string of the molecule is C=C=C(Nc1cccc(Cc2ccccc2C)n1)C1(c2ccc(C)c(CCC=C)c2)CC1. The molecule has 1 fully saturated rings. The number of nitrogens with zero attached hydrogens (tertiary/aromatic N) is 1. The summed E-state index contributed by atoms with van der Waals surface area (Å²) in [6, 6.07) is 21.6. The molecule has 32 heavy (non-hydrogen) atoms. The molecule has 1 aliphatic carbocycles. The zero-order chi connectivity index (χ0) is 22.6. The molecule has 2 aromatic carbocycles. The molecule has 0 spiro atoms. The molecule has 2 heteroatoms. The van der Waals surface area contributed by atoms with Gasteiger partial charge in [-0.2, -0.15) is 0 Å². The maximum absolute atomic E-state index is 4.89. The van der Waals surface area contributed by atoms with Gasteiger partial charge in [0.25, 0.3) is 0 Å². The summed E-state index contributed by atoms with van der Waals surface area (Å²) in [6.45, 7) is 12.2. The molecule has 0 aliphatic heterocycles. The van der Waals surface area contributed by atoms with E-state index in [1.54, 1.807) is 0 Å². The molecule has 3 aromatic rings. The number of rotatable bonds is 9. The van der Waals surface area contributed by atoms with E-state index >= 15 is 0 Å². The van der Waals surface area contributed by atoms with Crippen LogP contribution in [-0.4, -0.2) is 4.98 Å². The monoisotopic (exact) mass is 420 g/mol. The van der Waals surface area contributed by atoms with E-state index < -0.39 is 0 Å². The zero-order valence-electron chi connectivity index (χ0n) is 19.2. The minimum absolute atomic E-state index is 0.0356. The summed E-state index contributed by atoms with van der Waals surface area (Å²) in [7, 11) is 0. The van der Waals surface area contributed by atoms with Crippen molar-refractivity contribution in [2.24, 2.45) is 0 Å². The Labute approximate surface area is 192 Å². The molecule has 0 radical (unpaired) electrons. The lowest BCUT2D eigenvalue weighted by atomic mass is 9.89. The lowest BCUT2D eigenvalue weighted by Crippen LogP contribution is -2.18. The third-order valence-electron chi connectivity index (χ3n) is 6.62. The van der Waals surface area contributed by atoms with Gasteiger partial charge in [0.05, 0.1) is 5.70 Å². The summed E-state index contributed by atoms with van der Waals surface area (Å²) in [5.74, 6) is 0.854. The molecule has 0 unspecified atom stereocenters. The summed E-state index contributed by atoms with van der Waals surface area (Å²) in [5, 5.41) is 3.56. The lowest BCUT2D eigenvalue weighted by molar-refractivity contribution is 0.819. The van der Waals surface area contributed by atoms with Crippen molar-refractivity contribution in [2.75, 3.05) is 5.32 Å². The second kappa shape index (κ2) is 9.42. The summed E-state index contributed by atoms with van der Waals surface area (Å²) < 4.78 is 0. The van der Waals surface area contributed by atoms with Crippen molar-refractivity contribution in [2.45, 2.75) is 51.4 Å². The third kappa shape index (κ3) is 4.61. The van der Waals surface area contributed by atoms with E-state index in [-0.39, 0.29) is 5.41 Å². The van der Waals surface area contributed by atoms with Crippen LogP contribution >= 0.6 is 0 Å². The van der Waals surface area contributed by atoms with Crippen LogP contribution in [0.5, 0.6) is 0 Å². The van der Waals surface area contributed by atoms with Gasteiger partial charge in [0.1, 0.15) is 5.82 Å². The number of benzene rings is 2. The van der Waals surface area contributed by atoms with Gasteiger partial charge in [-0.3, -0.25) is 0 Å². The first-order valence-electron chi connectivity index (χ1n) is 11.4. The van der Waals surface area contributed by atoms with Gasteiger partial charge in [0.2, 0.25) is 0 Å². The second-order valence-electron chi connectivity index (χ2n) is 8.84. The van der Waals surface area contributed by atoms with Crippen LogP contribution < -0.4 is 5.32 Å². The molecule has 1 aromatic heterocycles. The molecular weight excluding hydrogens is 388 g/mol. The Hall–Kier alpha value is -3.35. The van der Waals surface area contributed by atoms with Crippen LogP contribution in [0.15, 0.2) is 91.3 Å². The maximum Gasteiger partial charge on any atom is 0.130 e. The standard InChI is InChI=1S/C30H32N2/c1-5-7-12-24-20-26(17-16-23(24)4)30(18-19-30)28(6-2)32-29-15-10-14-27(31-29)21-25-13-9-8-11-22(25)3/h5,8-11,13-17,20H,1-2,7,12,18-19,21H2,3-4H3,(H,31,32). The van der Waals surface area contributed by atoms with Crippen molar-refractivity contribution < 1.29 is 0 Å². The Morgan fingerprint density at radius 3 is 2.53 bits per heavy atom. The highest BCUT2D eigenvalue weighted by Crippen LogP contribution is 2.53. The number of aromatic nitrogens is 1. The third-order valence-corrected chi connectivity index (χ3v) is 6.62. The largest absolute Gasteiger partial charge is 0.336 e. The highest BCUT2D eigenvalue weighted by Gasteiger charge is 2.48. The van der Waals surface area contributed by atoms with Crippen molar-refractivity contribution >= 4 is 5.82 Å². The van der Waals surface area contributed by atoms with Crippen LogP contribution in [0.2, 0.25) is 0 Å². The van der Waals surface area contributed by atoms with Crippen molar-refractivity contribution in [3.8, 4) is 0 Å². The van der Waals surface area contributed by atoms with Crippen LogP contribution in [0.4, 0.5) is 5.82 Å². The molecule has 162 valence electrons. The average Bonchev–Trinajstić information content (AvgIpc) is 3.61. The summed E-state index contributed by atoms with van der Waals surface area (Å²) >= 11 is 0. The van der Waals surface area contributed by atoms with Crippen molar-refractivity contribution in [3.05, 3.63) is 125 Å². The molecule has 0 bridgehead atoms. The molecule has 0 amide bonds. The van der Waals surface area contributed by atoms with Gasteiger partial charge in [0, 0.05) is 17.5 Å². The smallest absolute Gasteiger partial charge is 0.130 e. The van der Waals surface area contributed by atoms with E-state index in [0.29, 0.717) is 0 Å². The topological polar surface area (TPSA) is 24.9 Å². The van der Waals surface area contributed by atoms with Crippen LogP contribution in [0, 0.1) is 13.8 Å². The number of nitrogens with one attached hydrogen (secondary N) is 1. The minimum atomic E-state index is -0.0356. The van der Waals surface area contributed by atoms with Gasteiger partial charge < -0.3 is 5.32 Å². The number of anilines is 1. The minimum Gasteiger partial charge on any atom is -0.336 e. The number of allylic oxidation sites excluding steroid dienone is 2. The number of pyridine rings is 1. The molecule has 1 aliphatic rings. The van der Waals surface area contributed by atoms with Gasteiger partial charge in [-0.05, 0) is 79.5 Å². The van der Waals surface area contributed by atoms with E-state index in [9.17, 15) is 0 Å². The van der Waals surface area contributed by atoms with Gasteiger partial charge in [-0.25, -0.2) is 4.98 Å². The maximum atomic E-state index is 4.89. The summed E-state index contributed by atoms with van der Waals surface area (Å²) in [4.78, 5) is 4.89. The van der Waals surface area contributed by atoms with E-state index in [0.717, 1.165) is 49.3 Å². The molecule has 0 atom stereocenters. The van der Waals surface area contributed by atoms with Crippen molar-refractivity contribution in [1.29, 1.82) is 0 Å². The van der Waals surface area contributed by atoms with E-state index in [1.165, 1.54) is 27.8 Å². The molecule has 1 saturated carbocycles. The van der Waals surface area contributed by atoms with Crippen molar-refractivity contribution in [3.63, 3.8) is 0 Å². The predicted molar refractivity (Wildman–Crippen MR) is 135 cm³/mol. The molecule has 1 heterocycles. The summed E-state index contributed by atoms with van der Waals surface area (Å²) in [5.41, 5.74) is 11.9. The predicted octanol–water partition coefficient (Wildman–Crippen LogP) is 7.22. The number of hydrogen-bond acceptors (Lipinski definition) is 2. The first-order chi connectivity index (χ1) is 15.6. The quantitative estimate of drug-likeness (QED) is 0.292. The number of hydrogen-bond donors (Lipinski definition) is 1. The fraction of sp³-hybridized carbons (Fsp3) is 0.267. The molecule has 1 N–H and O–H groups in total. The lowest BCUT2D eigenvalue weighted by Gasteiger charge is -2.21. The molecular formula is C30H32N2. The fourth-order valence-corrected chi connectivity index (χ4v) is 4.42. The highest BCUT2D eigenvalue weighted by atomic mass is 15.0. The highest BCUT2D eigenvalue weighted by molar-refractivity contribution is 5.53. The Morgan fingerprint density at radius 1 is 1.03 bits per heavy atom. The second-order valence-corrected chi connectivity index (χ2v) is 8.84. The van der Waals surface area contributed by atoms with Gasteiger partial charge >= 0.3 is 0 Å². The first kappa shape index (κ1) is 21.9. The van der Waals surface area contributed by atoms with Crippen LogP contribution in [0.25, 0.3) is 0 Å². The Morgan fingerprint density at radius 2 is 1.81 bits per heavy atom.